The van der Waals surface area contributed by atoms with Crippen LogP contribution < -0.4 is 10.6 Å². The van der Waals surface area contributed by atoms with Crippen LogP contribution in [0.2, 0.25) is 0 Å². The van der Waals surface area contributed by atoms with E-state index in [0.717, 1.165) is 49.0 Å². The summed E-state index contributed by atoms with van der Waals surface area (Å²) >= 11 is 1.52. The van der Waals surface area contributed by atoms with E-state index in [2.05, 4.69) is 20.6 Å². The number of rotatable bonds is 6. The van der Waals surface area contributed by atoms with Gasteiger partial charge in [0.25, 0.3) is 0 Å². The van der Waals surface area contributed by atoms with Gasteiger partial charge in [0.05, 0.1) is 5.60 Å². The Morgan fingerprint density at radius 3 is 2.47 bits per heavy atom. The first kappa shape index (κ1) is 14.4. The Morgan fingerprint density at radius 1 is 1.26 bits per heavy atom. The maximum atomic E-state index is 10.3. The van der Waals surface area contributed by atoms with Gasteiger partial charge >= 0.3 is 0 Å². The molecule has 0 unspecified atom stereocenters. The molecule has 6 heteroatoms. The van der Waals surface area contributed by atoms with Crippen LogP contribution >= 0.6 is 11.8 Å². The number of nitrogens with one attached hydrogen (secondary N) is 2. The molecule has 2 rings (SSSR count). The van der Waals surface area contributed by atoms with Gasteiger partial charge in [0.2, 0.25) is 0 Å². The maximum absolute atomic E-state index is 10.3. The van der Waals surface area contributed by atoms with Gasteiger partial charge in [-0.2, -0.15) is 0 Å². The van der Waals surface area contributed by atoms with Crippen LogP contribution in [0.1, 0.15) is 32.6 Å². The molecule has 106 valence electrons. The summed E-state index contributed by atoms with van der Waals surface area (Å²) in [5.74, 6) is 1.60. The van der Waals surface area contributed by atoms with Crippen molar-refractivity contribution in [3.05, 3.63) is 6.07 Å². The lowest BCUT2D eigenvalue weighted by molar-refractivity contribution is 0.0614. The molecule has 1 saturated carbocycles. The van der Waals surface area contributed by atoms with E-state index >= 15 is 0 Å². The van der Waals surface area contributed by atoms with Crippen LogP contribution in [0, 0.1) is 0 Å². The highest BCUT2D eigenvalue weighted by atomic mass is 32.2. The van der Waals surface area contributed by atoms with Crippen LogP contribution in [-0.2, 0) is 0 Å². The molecule has 1 aromatic rings. The molecule has 0 aromatic carbocycles. The van der Waals surface area contributed by atoms with E-state index in [-0.39, 0.29) is 0 Å². The molecule has 3 N–H and O–H groups in total. The van der Waals surface area contributed by atoms with Gasteiger partial charge in [0, 0.05) is 19.2 Å². The minimum atomic E-state index is -0.567. The average molecular weight is 282 g/mol. The van der Waals surface area contributed by atoms with E-state index in [4.69, 9.17) is 0 Å². The van der Waals surface area contributed by atoms with Gasteiger partial charge in [-0.3, -0.25) is 0 Å². The van der Waals surface area contributed by atoms with Gasteiger partial charge in [-0.15, -0.1) is 0 Å². The molecule has 1 aliphatic rings. The molecule has 19 heavy (non-hydrogen) atoms. The minimum absolute atomic E-state index is 0.559. The van der Waals surface area contributed by atoms with Crippen molar-refractivity contribution in [2.45, 2.75) is 43.4 Å². The van der Waals surface area contributed by atoms with Crippen molar-refractivity contribution >= 4 is 23.4 Å². The fourth-order valence-corrected chi connectivity index (χ4v) is 2.72. The molecule has 0 aliphatic heterocycles. The summed E-state index contributed by atoms with van der Waals surface area (Å²) in [6, 6.07) is 1.89. The summed E-state index contributed by atoms with van der Waals surface area (Å²) in [5, 5.41) is 17.5. The molecule has 1 fully saturated rings. The Labute approximate surface area is 118 Å². The molecule has 5 nitrogen and oxygen atoms in total. The smallest absolute Gasteiger partial charge is 0.191 e. The van der Waals surface area contributed by atoms with Crippen molar-refractivity contribution in [1.82, 2.24) is 9.97 Å². The van der Waals surface area contributed by atoms with Gasteiger partial charge in [-0.05, 0) is 26.0 Å². The highest BCUT2D eigenvalue weighted by molar-refractivity contribution is 7.98. The largest absolute Gasteiger partial charge is 0.388 e. The second-order valence-corrected chi connectivity index (χ2v) is 5.71. The predicted molar refractivity (Wildman–Crippen MR) is 79.9 cm³/mol. The average Bonchev–Trinajstić information content (AvgIpc) is 2.84. The van der Waals surface area contributed by atoms with Gasteiger partial charge in [0.1, 0.15) is 11.6 Å². The fraction of sp³-hybridized carbons (Fsp3) is 0.692. The first-order chi connectivity index (χ1) is 9.15. The third-order valence-electron chi connectivity index (χ3n) is 3.38. The maximum Gasteiger partial charge on any atom is 0.191 e. The zero-order valence-corrected chi connectivity index (χ0v) is 12.4. The van der Waals surface area contributed by atoms with Crippen molar-refractivity contribution in [2.75, 3.05) is 30.0 Å². The first-order valence-electron chi connectivity index (χ1n) is 6.78. The number of thioether (sulfide) groups is 1. The van der Waals surface area contributed by atoms with Crippen LogP contribution in [0.4, 0.5) is 11.6 Å². The number of aliphatic hydroxyl groups is 1. The zero-order chi connectivity index (χ0) is 13.7. The van der Waals surface area contributed by atoms with Crippen LogP contribution in [0.3, 0.4) is 0 Å². The Bertz CT molecular complexity index is 421. The van der Waals surface area contributed by atoms with Crippen LogP contribution in [0.25, 0.3) is 0 Å². The number of anilines is 2. The Hall–Kier alpha value is -1.01. The van der Waals surface area contributed by atoms with Crippen molar-refractivity contribution < 1.29 is 5.11 Å². The van der Waals surface area contributed by atoms with Crippen molar-refractivity contribution in [2.24, 2.45) is 0 Å². The molecular weight excluding hydrogens is 260 g/mol. The van der Waals surface area contributed by atoms with Gasteiger partial charge in [0.15, 0.2) is 5.16 Å². The highest BCUT2D eigenvalue weighted by Gasteiger charge is 2.30. The summed E-state index contributed by atoms with van der Waals surface area (Å²) in [7, 11) is 0. The quantitative estimate of drug-likeness (QED) is 0.549. The summed E-state index contributed by atoms with van der Waals surface area (Å²) in [6.07, 6.45) is 5.93. The Morgan fingerprint density at radius 2 is 1.89 bits per heavy atom. The van der Waals surface area contributed by atoms with Gasteiger partial charge in [-0.1, -0.05) is 24.6 Å². The molecule has 1 heterocycles. The highest BCUT2D eigenvalue weighted by Crippen LogP contribution is 2.29. The summed E-state index contributed by atoms with van der Waals surface area (Å²) in [6.45, 7) is 3.42. The third kappa shape index (κ3) is 3.98. The number of hydrogen-bond donors (Lipinski definition) is 3. The van der Waals surface area contributed by atoms with E-state index in [1.807, 2.05) is 19.2 Å². The van der Waals surface area contributed by atoms with Crippen molar-refractivity contribution in [3.63, 3.8) is 0 Å². The van der Waals surface area contributed by atoms with Crippen molar-refractivity contribution in [3.8, 4) is 0 Å². The minimum Gasteiger partial charge on any atom is -0.388 e. The molecular formula is C13H22N4OS. The molecule has 1 aliphatic carbocycles. The summed E-state index contributed by atoms with van der Waals surface area (Å²) < 4.78 is 0. The van der Waals surface area contributed by atoms with Crippen molar-refractivity contribution in [1.29, 1.82) is 0 Å². The normalized spacial score (nSPS) is 17.4. The van der Waals surface area contributed by atoms with E-state index in [0.29, 0.717) is 6.54 Å². The monoisotopic (exact) mass is 282 g/mol. The number of aromatic nitrogens is 2. The second-order valence-electron chi connectivity index (χ2n) is 4.94. The Kier molecular flexibility index (Phi) is 4.87. The van der Waals surface area contributed by atoms with E-state index in [1.165, 1.54) is 11.8 Å². The lowest BCUT2D eigenvalue weighted by Gasteiger charge is -2.22. The number of nitrogens with zero attached hydrogens (tertiary/aromatic N) is 2. The SMILES string of the molecule is CCNc1cc(NCC2(O)CCCC2)nc(SC)n1. The predicted octanol–water partition coefficient (Wildman–Crippen LogP) is 2.35. The van der Waals surface area contributed by atoms with Gasteiger partial charge in [-0.25, -0.2) is 9.97 Å². The summed E-state index contributed by atoms with van der Waals surface area (Å²) in [5.41, 5.74) is -0.567. The number of hydrogen-bond acceptors (Lipinski definition) is 6. The standard InChI is InChI=1S/C13H22N4OS/c1-3-14-10-8-11(17-12(16-10)19-2)15-9-13(18)6-4-5-7-13/h8,18H,3-7,9H2,1-2H3,(H2,14,15,16,17). The van der Waals surface area contributed by atoms with Crippen LogP contribution in [0.5, 0.6) is 0 Å². The third-order valence-corrected chi connectivity index (χ3v) is 3.93. The molecule has 0 spiro atoms. The van der Waals surface area contributed by atoms with E-state index in [9.17, 15) is 5.11 Å². The zero-order valence-electron chi connectivity index (χ0n) is 11.6. The summed E-state index contributed by atoms with van der Waals surface area (Å²) in [4.78, 5) is 8.79. The van der Waals surface area contributed by atoms with E-state index in [1.54, 1.807) is 0 Å². The lowest BCUT2D eigenvalue weighted by atomic mass is 10.0. The molecule has 0 amide bonds. The van der Waals surface area contributed by atoms with Crippen LogP contribution in [-0.4, -0.2) is 40.0 Å². The molecule has 0 bridgehead atoms. The molecule has 1 aromatic heterocycles. The topological polar surface area (TPSA) is 70.1 Å². The van der Waals surface area contributed by atoms with Gasteiger partial charge < -0.3 is 15.7 Å². The van der Waals surface area contributed by atoms with E-state index < -0.39 is 5.60 Å². The molecule has 0 radical (unpaired) electrons. The van der Waals surface area contributed by atoms with Crippen LogP contribution in [0.15, 0.2) is 11.2 Å². The molecule has 0 atom stereocenters. The molecule has 0 saturated heterocycles. The first-order valence-corrected chi connectivity index (χ1v) is 8.01. The lowest BCUT2D eigenvalue weighted by Crippen LogP contribution is -2.33. The fourth-order valence-electron chi connectivity index (χ4n) is 2.34. The Balaban J connectivity index is 2.04. The second kappa shape index (κ2) is 6.43.